The van der Waals surface area contributed by atoms with Gasteiger partial charge in [0.05, 0.1) is 11.6 Å². The minimum Gasteiger partial charge on any atom is -0.506 e. The van der Waals surface area contributed by atoms with Gasteiger partial charge in [0.15, 0.2) is 0 Å². The summed E-state index contributed by atoms with van der Waals surface area (Å²) in [6.45, 7) is -0.516. The van der Waals surface area contributed by atoms with E-state index in [0.29, 0.717) is 15.4 Å². The van der Waals surface area contributed by atoms with Gasteiger partial charge in [-0.25, -0.2) is 9.03 Å². The zero-order chi connectivity index (χ0) is 17.0. The summed E-state index contributed by atoms with van der Waals surface area (Å²) < 4.78 is 64.7. The number of carbonyl (C=O) groups excluding carboxylic acids is 1. The molecule has 0 radical (unpaired) electrons. The molecular formula is C13H13F3N2O4S. The predicted molar refractivity (Wildman–Crippen MR) is 74.1 cm³/mol. The van der Waals surface area contributed by atoms with Crippen LogP contribution < -0.4 is 9.03 Å². The van der Waals surface area contributed by atoms with E-state index in [-0.39, 0.29) is 30.7 Å². The van der Waals surface area contributed by atoms with E-state index < -0.39 is 34.8 Å². The van der Waals surface area contributed by atoms with Gasteiger partial charge in [-0.1, -0.05) is 0 Å². The summed E-state index contributed by atoms with van der Waals surface area (Å²) in [6.07, 6.45) is -4.52. The van der Waals surface area contributed by atoms with Gasteiger partial charge < -0.3 is 5.11 Å². The number of amides is 1. The van der Waals surface area contributed by atoms with Crippen molar-refractivity contribution in [2.75, 3.05) is 10.8 Å². The zero-order valence-electron chi connectivity index (χ0n) is 11.7. The highest BCUT2D eigenvalue weighted by Gasteiger charge is 2.42. The quantitative estimate of drug-likeness (QED) is 0.798. The molecule has 23 heavy (non-hydrogen) atoms. The van der Waals surface area contributed by atoms with Crippen LogP contribution in [0, 0.1) is 5.92 Å². The Kier molecular flexibility index (Phi) is 3.47. The average Bonchev–Trinajstić information content (AvgIpc) is 2.69. The first-order valence-electron chi connectivity index (χ1n) is 6.83. The van der Waals surface area contributed by atoms with Crippen molar-refractivity contribution >= 4 is 21.8 Å². The number of nitrogens with zero attached hydrogens (tertiary/aromatic N) is 1. The fourth-order valence-electron chi connectivity index (χ4n) is 2.92. The standard InChI is InChI=1S/C13H13F3N2O4S/c14-13(15,16)9-2-1-7-5-11(19)10(4-8(7)3-9)18-6-12(20)17-23(18,21)22/h4-5,9,19H,1-3,6H2,(H,17,20). The average molecular weight is 350 g/mol. The first-order chi connectivity index (χ1) is 10.6. The van der Waals surface area contributed by atoms with Crippen LogP contribution in [0.4, 0.5) is 18.9 Å². The summed E-state index contributed by atoms with van der Waals surface area (Å²) in [5.41, 5.74) is 0.702. The number of hydrogen-bond donors (Lipinski definition) is 2. The van der Waals surface area contributed by atoms with Crippen molar-refractivity contribution in [3.8, 4) is 5.75 Å². The first kappa shape index (κ1) is 15.9. The normalized spacial score (nSPS) is 23.5. The number of carbonyl (C=O) groups is 1. The summed E-state index contributed by atoms with van der Waals surface area (Å²) >= 11 is 0. The van der Waals surface area contributed by atoms with Crippen molar-refractivity contribution in [2.45, 2.75) is 25.4 Å². The molecule has 10 heteroatoms. The Morgan fingerprint density at radius 1 is 1.26 bits per heavy atom. The Balaban J connectivity index is 2.00. The number of rotatable bonds is 1. The number of halogens is 3. The topological polar surface area (TPSA) is 86.7 Å². The molecule has 1 fully saturated rings. The van der Waals surface area contributed by atoms with Crippen LogP contribution in [0.2, 0.25) is 0 Å². The minimum absolute atomic E-state index is 0.0721. The summed E-state index contributed by atoms with van der Waals surface area (Å²) in [7, 11) is -4.13. The molecule has 6 nitrogen and oxygen atoms in total. The molecule has 1 amide bonds. The van der Waals surface area contributed by atoms with Crippen molar-refractivity contribution in [3.05, 3.63) is 23.3 Å². The largest absolute Gasteiger partial charge is 0.506 e. The van der Waals surface area contributed by atoms with Crippen LogP contribution in [0.5, 0.6) is 5.75 Å². The Labute approximate surface area is 130 Å². The highest BCUT2D eigenvalue weighted by atomic mass is 32.2. The maximum Gasteiger partial charge on any atom is 0.392 e. The molecule has 1 atom stereocenters. The molecule has 0 saturated carbocycles. The van der Waals surface area contributed by atoms with Crippen LogP contribution in [0.15, 0.2) is 12.1 Å². The Bertz CT molecular complexity index is 776. The second kappa shape index (κ2) is 5.02. The molecule has 2 N–H and O–H groups in total. The third-order valence-corrected chi connectivity index (χ3v) is 5.47. The highest BCUT2D eigenvalue weighted by Crippen LogP contribution is 2.41. The number of fused-ring (bicyclic) bond motifs is 1. The molecule has 0 spiro atoms. The Hall–Kier alpha value is -1.97. The van der Waals surface area contributed by atoms with Crippen LogP contribution in [0.1, 0.15) is 17.5 Å². The molecule has 2 aliphatic rings. The van der Waals surface area contributed by atoms with E-state index in [4.69, 9.17) is 0 Å². The second-order valence-electron chi connectivity index (χ2n) is 5.63. The number of anilines is 1. The van der Waals surface area contributed by atoms with E-state index in [2.05, 4.69) is 0 Å². The highest BCUT2D eigenvalue weighted by molar-refractivity contribution is 7.92. The number of phenolic OH excluding ortho intramolecular Hbond substituents is 1. The molecule has 1 unspecified atom stereocenters. The summed E-state index contributed by atoms with van der Waals surface area (Å²) in [5.74, 6) is -2.65. The monoisotopic (exact) mass is 350 g/mol. The minimum atomic E-state index is -4.33. The number of nitrogens with one attached hydrogen (secondary N) is 1. The lowest BCUT2D eigenvalue weighted by Gasteiger charge is -2.28. The van der Waals surface area contributed by atoms with E-state index >= 15 is 0 Å². The van der Waals surface area contributed by atoms with Gasteiger partial charge in [0, 0.05) is 0 Å². The molecule has 3 rings (SSSR count). The predicted octanol–water partition coefficient (Wildman–Crippen LogP) is 1.24. The molecule has 1 aliphatic carbocycles. The fraction of sp³-hybridized carbons (Fsp3) is 0.462. The van der Waals surface area contributed by atoms with Gasteiger partial charge in [-0.05, 0) is 42.5 Å². The van der Waals surface area contributed by atoms with E-state index in [1.54, 1.807) is 4.72 Å². The molecule has 1 saturated heterocycles. The molecule has 1 aliphatic heterocycles. The number of hydrogen-bond acceptors (Lipinski definition) is 4. The van der Waals surface area contributed by atoms with Gasteiger partial charge in [0.1, 0.15) is 12.3 Å². The molecular weight excluding hydrogens is 337 g/mol. The third kappa shape index (κ3) is 2.82. The van der Waals surface area contributed by atoms with Crippen molar-refractivity contribution in [2.24, 2.45) is 5.92 Å². The van der Waals surface area contributed by atoms with E-state index in [1.807, 2.05) is 0 Å². The molecule has 0 aromatic heterocycles. The van der Waals surface area contributed by atoms with Crippen molar-refractivity contribution in [1.82, 2.24) is 4.72 Å². The van der Waals surface area contributed by atoms with Gasteiger partial charge in [-0.3, -0.25) is 4.79 Å². The molecule has 1 aromatic carbocycles. The van der Waals surface area contributed by atoms with Crippen LogP contribution in [-0.4, -0.2) is 32.2 Å². The Morgan fingerprint density at radius 2 is 1.96 bits per heavy atom. The van der Waals surface area contributed by atoms with Crippen LogP contribution in [0.25, 0.3) is 0 Å². The maximum absolute atomic E-state index is 12.9. The number of aryl methyl sites for hydroxylation is 1. The van der Waals surface area contributed by atoms with Crippen LogP contribution >= 0.6 is 0 Å². The van der Waals surface area contributed by atoms with Gasteiger partial charge in [-0.2, -0.15) is 21.6 Å². The van der Waals surface area contributed by atoms with E-state index in [0.717, 1.165) is 0 Å². The number of benzene rings is 1. The lowest BCUT2D eigenvalue weighted by Crippen LogP contribution is -2.31. The molecule has 1 heterocycles. The summed E-state index contributed by atoms with van der Waals surface area (Å²) in [4.78, 5) is 11.3. The van der Waals surface area contributed by atoms with Crippen molar-refractivity contribution < 1.29 is 31.5 Å². The summed E-state index contributed by atoms with van der Waals surface area (Å²) in [5, 5.41) is 10.0. The fourth-order valence-corrected chi connectivity index (χ4v) is 4.08. The maximum atomic E-state index is 12.9. The molecule has 0 bridgehead atoms. The number of phenols is 1. The third-order valence-electron chi connectivity index (χ3n) is 4.08. The number of alkyl halides is 3. The second-order valence-corrected chi connectivity index (χ2v) is 7.22. The van der Waals surface area contributed by atoms with Gasteiger partial charge in [0.25, 0.3) is 5.91 Å². The lowest BCUT2D eigenvalue weighted by molar-refractivity contribution is -0.177. The summed E-state index contributed by atoms with van der Waals surface area (Å²) in [6, 6.07) is 2.50. The van der Waals surface area contributed by atoms with Crippen molar-refractivity contribution in [3.63, 3.8) is 0 Å². The first-order valence-corrected chi connectivity index (χ1v) is 8.27. The van der Waals surface area contributed by atoms with E-state index in [1.165, 1.54) is 12.1 Å². The SMILES string of the molecule is O=C1CN(c2cc3c(cc2O)CCC(C(F)(F)F)C3)S(=O)(=O)N1. The van der Waals surface area contributed by atoms with Gasteiger partial charge in [0.2, 0.25) is 0 Å². The molecule has 126 valence electrons. The Morgan fingerprint density at radius 3 is 2.52 bits per heavy atom. The zero-order valence-corrected chi connectivity index (χ0v) is 12.5. The van der Waals surface area contributed by atoms with Gasteiger partial charge in [-0.15, -0.1) is 0 Å². The van der Waals surface area contributed by atoms with Crippen molar-refractivity contribution in [1.29, 1.82) is 0 Å². The van der Waals surface area contributed by atoms with Crippen LogP contribution in [0.3, 0.4) is 0 Å². The number of aromatic hydroxyl groups is 1. The lowest BCUT2D eigenvalue weighted by atomic mass is 9.83. The van der Waals surface area contributed by atoms with Gasteiger partial charge >= 0.3 is 16.4 Å². The molecule has 1 aromatic rings. The smallest absolute Gasteiger partial charge is 0.392 e. The van der Waals surface area contributed by atoms with E-state index in [9.17, 15) is 31.5 Å². The van der Waals surface area contributed by atoms with Crippen LogP contribution in [-0.2, 0) is 27.8 Å².